The highest BCUT2D eigenvalue weighted by atomic mass is 16.5. The van der Waals surface area contributed by atoms with Gasteiger partial charge in [-0.25, -0.2) is 0 Å². The molecule has 2 aromatic carbocycles. The third-order valence-electron chi connectivity index (χ3n) is 4.13. The number of benzene rings is 2. The Labute approximate surface area is 127 Å². The molecule has 0 amide bonds. The molecule has 112 valence electrons. The molecule has 2 nitrogen and oxygen atoms in total. The lowest BCUT2D eigenvalue weighted by molar-refractivity contribution is 0.281. The van der Waals surface area contributed by atoms with E-state index in [1.807, 2.05) is 36.4 Å². The largest absolute Gasteiger partial charge is 0.489 e. The molecule has 21 heavy (non-hydrogen) atoms. The van der Waals surface area contributed by atoms with Crippen molar-refractivity contribution in [3.8, 4) is 5.75 Å². The van der Waals surface area contributed by atoms with Gasteiger partial charge in [-0.15, -0.1) is 0 Å². The van der Waals surface area contributed by atoms with Gasteiger partial charge in [0.15, 0.2) is 0 Å². The van der Waals surface area contributed by atoms with Gasteiger partial charge in [0.2, 0.25) is 0 Å². The van der Waals surface area contributed by atoms with E-state index in [4.69, 9.17) is 9.84 Å². The van der Waals surface area contributed by atoms with E-state index < -0.39 is 0 Å². The number of rotatable bonds is 6. The first-order valence-electron chi connectivity index (χ1n) is 7.47. The van der Waals surface area contributed by atoms with Crippen LogP contribution in [0.15, 0.2) is 48.5 Å². The molecule has 0 unspecified atom stereocenters. The van der Waals surface area contributed by atoms with Crippen molar-refractivity contribution < 1.29 is 9.84 Å². The number of hydrogen-bond donors (Lipinski definition) is 1. The fourth-order valence-corrected chi connectivity index (χ4v) is 2.11. The monoisotopic (exact) mass is 284 g/mol. The van der Waals surface area contributed by atoms with Crippen LogP contribution in [0.4, 0.5) is 0 Å². The van der Waals surface area contributed by atoms with Gasteiger partial charge in [0.25, 0.3) is 0 Å². The molecule has 0 fully saturated rings. The van der Waals surface area contributed by atoms with Gasteiger partial charge in [-0.2, -0.15) is 0 Å². The summed E-state index contributed by atoms with van der Waals surface area (Å²) in [5.74, 6) is 0.886. The average Bonchev–Trinajstić information content (AvgIpc) is 2.54. The third-order valence-corrected chi connectivity index (χ3v) is 4.13. The first-order chi connectivity index (χ1) is 10.0. The molecular weight excluding hydrogens is 260 g/mol. The molecule has 0 spiro atoms. The zero-order valence-electron chi connectivity index (χ0n) is 13.1. The summed E-state index contributed by atoms with van der Waals surface area (Å²) in [5, 5.41) is 9.02. The van der Waals surface area contributed by atoms with Gasteiger partial charge < -0.3 is 9.84 Å². The summed E-state index contributed by atoms with van der Waals surface area (Å²) in [6.45, 7) is 7.34. The van der Waals surface area contributed by atoms with Crippen molar-refractivity contribution >= 4 is 0 Å². The van der Waals surface area contributed by atoms with Crippen molar-refractivity contribution in [2.45, 2.75) is 45.8 Å². The summed E-state index contributed by atoms with van der Waals surface area (Å²) < 4.78 is 5.80. The van der Waals surface area contributed by atoms with E-state index in [1.165, 1.54) is 5.56 Å². The van der Waals surface area contributed by atoms with E-state index in [1.54, 1.807) is 0 Å². The van der Waals surface area contributed by atoms with Crippen molar-refractivity contribution in [1.82, 2.24) is 0 Å². The van der Waals surface area contributed by atoms with Gasteiger partial charge >= 0.3 is 0 Å². The molecule has 0 aliphatic heterocycles. The Bertz CT molecular complexity index is 553. The van der Waals surface area contributed by atoms with Crippen LogP contribution in [0.5, 0.6) is 5.75 Å². The number of aliphatic hydroxyl groups is 1. The highest BCUT2D eigenvalue weighted by Crippen LogP contribution is 2.28. The average molecular weight is 284 g/mol. The lowest BCUT2D eigenvalue weighted by Gasteiger charge is -2.23. The normalized spacial score (nSPS) is 11.4. The summed E-state index contributed by atoms with van der Waals surface area (Å²) in [6.07, 6.45) is 1.12. The second-order valence-electron chi connectivity index (χ2n) is 6.03. The molecule has 0 saturated heterocycles. The van der Waals surface area contributed by atoms with E-state index >= 15 is 0 Å². The molecule has 2 heteroatoms. The molecule has 0 aromatic heterocycles. The Morgan fingerprint density at radius 3 is 2.00 bits per heavy atom. The van der Waals surface area contributed by atoms with Gasteiger partial charge in [0.05, 0.1) is 6.61 Å². The Morgan fingerprint density at radius 2 is 1.48 bits per heavy atom. The maximum absolute atomic E-state index is 9.02. The Balaban J connectivity index is 1.97. The van der Waals surface area contributed by atoms with Crippen LogP contribution < -0.4 is 4.74 Å². The first-order valence-corrected chi connectivity index (χ1v) is 7.47. The van der Waals surface area contributed by atoms with Crippen LogP contribution in [0.1, 0.15) is 43.9 Å². The van der Waals surface area contributed by atoms with Crippen LogP contribution in [0, 0.1) is 0 Å². The molecule has 0 aliphatic rings. The molecule has 2 aromatic rings. The Hall–Kier alpha value is -1.80. The lowest BCUT2D eigenvalue weighted by atomic mass is 9.82. The molecule has 0 atom stereocenters. The number of aliphatic hydroxyl groups excluding tert-OH is 1. The number of ether oxygens (including phenoxy) is 1. The van der Waals surface area contributed by atoms with E-state index in [-0.39, 0.29) is 12.0 Å². The first kappa shape index (κ1) is 15.6. The van der Waals surface area contributed by atoms with E-state index in [2.05, 4.69) is 32.9 Å². The number of hydrogen-bond acceptors (Lipinski definition) is 2. The van der Waals surface area contributed by atoms with Crippen LogP contribution in [-0.4, -0.2) is 5.11 Å². The highest BCUT2D eigenvalue weighted by molar-refractivity contribution is 5.32. The molecule has 1 N–H and O–H groups in total. The van der Waals surface area contributed by atoms with Gasteiger partial charge in [0.1, 0.15) is 12.4 Å². The second-order valence-corrected chi connectivity index (χ2v) is 6.03. The Kier molecular flexibility index (Phi) is 5.03. The molecule has 0 bridgehead atoms. The predicted molar refractivity (Wildman–Crippen MR) is 86.5 cm³/mol. The zero-order valence-corrected chi connectivity index (χ0v) is 13.1. The van der Waals surface area contributed by atoms with Crippen LogP contribution in [-0.2, 0) is 18.6 Å². The Morgan fingerprint density at radius 1 is 0.905 bits per heavy atom. The minimum atomic E-state index is 0.0792. The summed E-state index contributed by atoms with van der Waals surface area (Å²) in [7, 11) is 0. The fourth-order valence-electron chi connectivity index (χ4n) is 2.11. The topological polar surface area (TPSA) is 29.5 Å². The van der Waals surface area contributed by atoms with Crippen LogP contribution in [0.25, 0.3) is 0 Å². The van der Waals surface area contributed by atoms with Crippen LogP contribution >= 0.6 is 0 Å². The third kappa shape index (κ3) is 4.08. The maximum atomic E-state index is 9.02. The van der Waals surface area contributed by atoms with Crippen molar-refractivity contribution in [2.75, 3.05) is 0 Å². The lowest BCUT2D eigenvalue weighted by Crippen LogP contribution is -2.15. The highest BCUT2D eigenvalue weighted by Gasteiger charge is 2.17. The molecule has 0 heterocycles. The van der Waals surface area contributed by atoms with Crippen molar-refractivity contribution in [1.29, 1.82) is 0 Å². The second kappa shape index (κ2) is 6.77. The smallest absolute Gasteiger partial charge is 0.119 e. The van der Waals surface area contributed by atoms with E-state index in [9.17, 15) is 0 Å². The summed E-state index contributed by atoms with van der Waals surface area (Å²) in [6, 6.07) is 16.2. The summed E-state index contributed by atoms with van der Waals surface area (Å²) in [4.78, 5) is 0. The van der Waals surface area contributed by atoms with Gasteiger partial charge in [0, 0.05) is 0 Å². The van der Waals surface area contributed by atoms with E-state index in [0.29, 0.717) is 6.61 Å². The quantitative estimate of drug-likeness (QED) is 0.849. The van der Waals surface area contributed by atoms with Crippen molar-refractivity contribution in [3.63, 3.8) is 0 Å². The summed E-state index contributed by atoms with van der Waals surface area (Å²) in [5.41, 5.74) is 3.57. The summed E-state index contributed by atoms with van der Waals surface area (Å²) >= 11 is 0. The molecule has 0 saturated carbocycles. The predicted octanol–water partition coefficient (Wildman–Crippen LogP) is 4.45. The minimum Gasteiger partial charge on any atom is -0.489 e. The SMILES string of the molecule is CCC(C)(C)c1ccc(OCc2ccc(CO)cc2)cc1. The van der Waals surface area contributed by atoms with Gasteiger partial charge in [-0.1, -0.05) is 57.2 Å². The van der Waals surface area contributed by atoms with E-state index in [0.717, 1.165) is 23.3 Å². The zero-order chi connectivity index (χ0) is 15.3. The van der Waals surface area contributed by atoms with Crippen molar-refractivity contribution in [2.24, 2.45) is 0 Å². The van der Waals surface area contributed by atoms with Gasteiger partial charge in [-0.05, 0) is 40.7 Å². The molecular formula is C19H24O2. The maximum Gasteiger partial charge on any atom is 0.119 e. The molecule has 0 radical (unpaired) electrons. The fraction of sp³-hybridized carbons (Fsp3) is 0.368. The standard InChI is InChI=1S/C19H24O2/c1-4-19(2,3)17-9-11-18(12-10-17)21-14-16-7-5-15(13-20)6-8-16/h5-12,20H,4,13-14H2,1-3H3. The van der Waals surface area contributed by atoms with Gasteiger partial charge in [-0.3, -0.25) is 0 Å². The van der Waals surface area contributed by atoms with Crippen LogP contribution in [0.2, 0.25) is 0 Å². The molecule has 2 rings (SSSR count). The molecule has 0 aliphatic carbocycles. The van der Waals surface area contributed by atoms with Crippen LogP contribution in [0.3, 0.4) is 0 Å². The minimum absolute atomic E-state index is 0.0792. The van der Waals surface area contributed by atoms with Crippen molar-refractivity contribution in [3.05, 3.63) is 65.2 Å².